The topological polar surface area (TPSA) is 111 Å². The lowest BCUT2D eigenvalue weighted by atomic mass is 9.86. The molecule has 0 aromatic heterocycles. The van der Waals surface area contributed by atoms with Crippen molar-refractivity contribution in [1.82, 2.24) is 5.32 Å². The Balaban J connectivity index is 1.48. The number of aliphatic hydroxyl groups excluding tert-OH is 3. The molecule has 9 heteroatoms. The van der Waals surface area contributed by atoms with Gasteiger partial charge in [0.05, 0.1) is 19.3 Å². The summed E-state index contributed by atoms with van der Waals surface area (Å²) in [5, 5.41) is 31.1. The molecule has 1 fully saturated rings. The van der Waals surface area contributed by atoms with E-state index in [1.807, 2.05) is 37.5 Å². The predicted octanol–water partition coefficient (Wildman–Crippen LogP) is 3.01. The third-order valence-electron chi connectivity index (χ3n) is 6.56. The number of aliphatic hydroxyl groups is 3. The van der Waals surface area contributed by atoms with E-state index in [0.29, 0.717) is 39.0 Å². The van der Waals surface area contributed by atoms with Crippen LogP contribution in [0, 0.1) is 17.7 Å². The van der Waals surface area contributed by atoms with Crippen LogP contribution in [0.5, 0.6) is 5.75 Å². The molecule has 0 saturated carbocycles. The molecule has 1 saturated heterocycles. The predicted molar refractivity (Wildman–Crippen MR) is 135 cm³/mol. The summed E-state index contributed by atoms with van der Waals surface area (Å²) < 4.78 is 27.9. The largest absolute Gasteiger partial charge is 0.547 e. The summed E-state index contributed by atoms with van der Waals surface area (Å²) in [6.07, 6.45) is 4.43. The Morgan fingerprint density at radius 2 is 1.97 bits per heavy atom. The Labute approximate surface area is 212 Å². The van der Waals surface area contributed by atoms with Gasteiger partial charge in [-0.1, -0.05) is 12.1 Å². The minimum atomic E-state index is -0.958. The van der Waals surface area contributed by atoms with Crippen molar-refractivity contribution in [2.75, 3.05) is 32.8 Å². The van der Waals surface area contributed by atoms with E-state index in [2.05, 4.69) is 5.32 Å². The Bertz CT molecular complexity index is 962. The van der Waals surface area contributed by atoms with Gasteiger partial charge in [0.1, 0.15) is 18.7 Å². The number of piperidine rings is 1. The molecule has 3 rings (SSSR count). The van der Waals surface area contributed by atoms with Crippen molar-refractivity contribution in [3.63, 3.8) is 0 Å². The monoisotopic (exact) mass is 507 g/mol. The molecule has 1 unspecified atom stereocenters. The lowest BCUT2D eigenvalue weighted by molar-refractivity contribution is -0.558. The molecule has 2 atom stereocenters. The van der Waals surface area contributed by atoms with Crippen LogP contribution in [0.15, 0.2) is 24.3 Å². The molecule has 4 N–H and O–H groups in total. The molecule has 0 spiro atoms. The highest BCUT2D eigenvalue weighted by molar-refractivity contribution is 5.80. The Hall–Kier alpha value is -2.65. The second kappa shape index (κ2) is 12.5. The zero-order chi connectivity index (χ0) is 26.3. The molecule has 1 aromatic rings. The van der Waals surface area contributed by atoms with Crippen LogP contribution in [0.2, 0.25) is 0 Å². The first kappa shape index (κ1) is 27.9. The number of hydrogen-bond acceptors (Lipinski definition) is 5. The molecule has 0 radical (unpaired) electrons. The van der Waals surface area contributed by atoms with Crippen LogP contribution in [0.25, 0.3) is 5.57 Å². The van der Waals surface area contributed by atoms with Crippen LogP contribution >= 0.6 is 0 Å². The Kier molecular flexibility index (Phi) is 9.73. The average Bonchev–Trinajstić information content (AvgIpc) is 2.85. The van der Waals surface area contributed by atoms with E-state index in [4.69, 9.17) is 14.6 Å². The van der Waals surface area contributed by atoms with E-state index in [0.717, 1.165) is 24.0 Å². The van der Waals surface area contributed by atoms with E-state index in [-0.39, 0.29) is 36.1 Å². The van der Waals surface area contributed by atoms with Crippen LogP contribution in [-0.4, -0.2) is 76.4 Å². The maximum atomic E-state index is 14.8. The first-order chi connectivity index (χ1) is 17.1. The number of nitrogens with one attached hydrogen (secondary N) is 1. The zero-order valence-electron chi connectivity index (χ0n) is 21.5. The molecule has 1 aliphatic heterocycles. The maximum Gasteiger partial charge on any atom is 0.547 e. The fraction of sp³-hybridized carbons (Fsp3) is 0.630. The van der Waals surface area contributed by atoms with Gasteiger partial charge in [-0.25, -0.2) is 4.39 Å². The highest BCUT2D eigenvalue weighted by Gasteiger charge is 2.29. The van der Waals surface area contributed by atoms with Crippen LogP contribution in [-0.2, 0) is 9.53 Å². The van der Waals surface area contributed by atoms with Crippen molar-refractivity contribution in [3.8, 4) is 5.75 Å². The Morgan fingerprint density at radius 3 is 2.56 bits per heavy atom. The van der Waals surface area contributed by atoms with Crippen molar-refractivity contribution in [2.45, 2.75) is 64.6 Å². The highest BCUT2D eigenvalue weighted by Crippen LogP contribution is 2.32. The van der Waals surface area contributed by atoms with E-state index >= 15 is 0 Å². The van der Waals surface area contributed by atoms with E-state index in [1.165, 1.54) is 6.07 Å². The molecule has 200 valence electrons. The van der Waals surface area contributed by atoms with E-state index in [1.54, 1.807) is 6.07 Å². The summed E-state index contributed by atoms with van der Waals surface area (Å²) in [4.78, 5) is 12.2. The van der Waals surface area contributed by atoms with Crippen molar-refractivity contribution in [1.29, 1.82) is 0 Å². The van der Waals surface area contributed by atoms with Gasteiger partial charge in [-0.3, -0.25) is 4.79 Å². The van der Waals surface area contributed by atoms with Crippen molar-refractivity contribution < 1.29 is 38.6 Å². The number of nitrogens with zero attached hydrogens (tertiary/aromatic N) is 1. The second-order valence-electron chi connectivity index (χ2n) is 10.7. The van der Waals surface area contributed by atoms with Gasteiger partial charge in [-0.05, 0) is 63.3 Å². The number of rotatable bonds is 8. The lowest BCUT2D eigenvalue weighted by Gasteiger charge is -2.23. The number of carbonyl (C=O) groups is 1. The molecule has 1 aromatic carbocycles. The number of amides is 1. The third-order valence-corrected chi connectivity index (χ3v) is 6.56. The molecule has 36 heavy (non-hydrogen) atoms. The minimum Gasteiger partial charge on any atom is -0.490 e. The zero-order valence-corrected chi connectivity index (χ0v) is 21.5. The van der Waals surface area contributed by atoms with Crippen molar-refractivity contribution in [3.05, 3.63) is 35.7 Å². The molecular formula is C27H40FN2O6+. The van der Waals surface area contributed by atoms with Gasteiger partial charge in [0.2, 0.25) is 5.91 Å². The van der Waals surface area contributed by atoms with Crippen LogP contribution in [0.1, 0.15) is 58.4 Å². The number of allylic oxidation sites excluding steroid dienone is 2. The summed E-state index contributed by atoms with van der Waals surface area (Å²) in [6.45, 7) is 7.03. The summed E-state index contributed by atoms with van der Waals surface area (Å²) >= 11 is 0. The summed E-state index contributed by atoms with van der Waals surface area (Å²) in [7, 11) is 0. The van der Waals surface area contributed by atoms with E-state index < -0.39 is 24.1 Å². The number of carbonyl (C=O) groups excluding carboxylic acids is 1. The number of ether oxygens (including phenoxy) is 2. The standard InChI is InChI=1S/C27H39FN2O6/c1-27(2,3)36-26(34)30-12-10-18(11-13-30)17-35-24-9-8-21(14-23(24)28)19-4-6-20(7-5-19)25(33)29-15-22(32)16-31/h4,8-9,14,18,20,22,31-32H,5-7,10-13,15-17H2,1-3H3,(H,29,33)/p+1/t20?,22-/m1/s1. The van der Waals surface area contributed by atoms with Gasteiger partial charge >= 0.3 is 6.08 Å². The molecule has 2 aliphatic rings. The van der Waals surface area contributed by atoms with Gasteiger partial charge in [0.25, 0.3) is 0 Å². The second-order valence-corrected chi connectivity index (χ2v) is 10.7. The van der Waals surface area contributed by atoms with Gasteiger partial charge in [-0.15, -0.1) is 0 Å². The van der Waals surface area contributed by atoms with Gasteiger partial charge in [0, 0.05) is 31.2 Å². The summed E-state index contributed by atoms with van der Waals surface area (Å²) in [6, 6.07) is 4.99. The SMILES string of the molecule is CC(C)(C)OC(O)=[N+]1CCC(COc2ccc(C3=CCC(C(=O)NC[C@@H](O)CO)CC3)cc2F)CC1. The number of benzene rings is 1. The van der Waals surface area contributed by atoms with Crippen molar-refractivity contribution in [2.24, 2.45) is 11.8 Å². The summed E-state index contributed by atoms with van der Waals surface area (Å²) in [5.41, 5.74) is 1.33. The molecule has 0 bridgehead atoms. The van der Waals surface area contributed by atoms with Crippen LogP contribution in [0.3, 0.4) is 0 Å². The van der Waals surface area contributed by atoms with Crippen LogP contribution in [0.4, 0.5) is 4.39 Å². The molecule has 8 nitrogen and oxygen atoms in total. The third kappa shape index (κ3) is 8.20. The van der Waals surface area contributed by atoms with Crippen molar-refractivity contribution >= 4 is 17.6 Å². The number of hydrogen-bond donors (Lipinski definition) is 4. The Morgan fingerprint density at radius 1 is 1.25 bits per heavy atom. The van der Waals surface area contributed by atoms with E-state index in [9.17, 15) is 19.4 Å². The van der Waals surface area contributed by atoms with Gasteiger partial charge < -0.3 is 30.1 Å². The molecule has 1 heterocycles. The smallest absolute Gasteiger partial charge is 0.490 e. The van der Waals surface area contributed by atoms with Crippen LogP contribution < -0.4 is 10.1 Å². The first-order valence-corrected chi connectivity index (χ1v) is 12.7. The number of halogens is 1. The molecule has 1 aliphatic carbocycles. The maximum absolute atomic E-state index is 14.8. The van der Waals surface area contributed by atoms with Gasteiger partial charge in [0.15, 0.2) is 11.6 Å². The first-order valence-electron chi connectivity index (χ1n) is 12.7. The fourth-order valence-electron chi connectivity index (χ4n) is 4.42. The average molecular weight is 508 g/mol. The highest BCUT2D eigenvalue weighted by atomic mass is 19.1. The lowest BCUT2D eigenvalue weighted by Crippen LogP contribution is -2.38. The molecular weight excluding hydrogens is 467 g/mol. The quantitative estimate of drug-likeness (QED) is 0.318. The summed E-state index contributed by atoms with van der Waals surface area (Å²) in [5.74, 6) is -0.257. The molecule has 1 amide bonds. The van der Waals surface area contributed by atoms with Gasteiger partial charge in [-0.2, -0.15) is 4.58 Å². The fourth-order valence-corrected chi connectivity index (χ4v) is 4.42. The normalized spacial score (nSPS) is 21.4. The minimum absolute atomic E-state index is 0.0285.